The van der Waals surface area contributed by atoms with E-state index in [4.69, 9.17) is 5.26 Å². The SMILES string of the molecule is COC(=O)c1sccc1NS(=O)(=O)CC#N. The molecule has 8 heteroatoms. The highest BCUT2D eigenvalue weighted by Gasteiger charge is 2.18. The van der Waals surface area contributed by atoms with Crippen LogP contribution in [0.3, 0.4) is 0 Å². The van der Waals surface area contributed by atoms with Gasteiger partial charge in [0.15, 0.2) is 5.75 Å². The molecule has 1 rings (SSSR count). The van der Waals surface area contributed by atoms with Crippen molar-refractivity contribution >= 4 is 33.0 Å². The quantitative estimate of drug-likeness (QED) is 0.808. The topological polar surface area (TPSA) is 96.3 Å². The van der Waals surface area contributed by atoms with Crippen molar-refractivity contribution in [3.8, 4) is 6.07 Å². The van der Waals surface area contributed by atoms with Gasteiger partial charge >= 0.3 is 5.97 Å². The van der Waals surface area contributed by atoms with Gasteiger partial charge in [0.1, 0.15) is 4.88 Å². The minimum Gasteiger partial charge on any atom is -0.465 e. The fraction of sp³-hybridized carbons (Fsp3) is 0.250. The van der Waals surface area contributed by atoms with Crippen LogP contribution in [0.5, 0.6) is 0 Å². The summed E-state index contributed by atoms with van der Waals surface area (Å²) in [4.78, 5) is 11.4. The summed E-state index contributed by atoms with van der Waals surface area (Å²) in [5.74, 6) is -1.28. The summed E-state index contributed by atoms with van der Waals surface area (Å²) in [6, 6.07) is 2.96. The summed E-state index contributed by atoms with van der Waals surface area (Å²) in [5.41, 5.74) is 0.132. The van der Waals surface area contributed by atoms with Crippen LogP contribution in [0.2, 0.25) is 0 Å². The van der Waals surface area contributed by atoms with E-state index < -0.39 is 21.7 Å². The third-order valence-electron chi connectivity index (χ3n) is 1.56. The Morgan fingerprint density at radius 3 is 2.94 bits per heavy atom. The fourth-order valence-electron chi connectivity index (χ4n) is 0.929. The number of methoxy groups -OCH3 is 1. The van der Waals surface area contributed by atoms with Crippen LogP contribution in [0, 0.1) is 11.3 Å². The monoisotopic (exact) mass is 260 g/mol. The number of hydrogen-bond acceptors (Lipinski definition) is 6. The van der Waals surface area contributed by atoms with E-state index in [0.29, 0.717) is 0 Å². The van der Waals surface area contributed by atoms with Crippen LogP contribution >= 0.6 is 11.3 Å². The Kier molecular flexibility index (Phi) is 3.87. The van der Waals surface area contributed by atoms with Crippen molar-refractivity contribution in [2.75, 3.05) is 17.6 Å². The molecule has 0 amide bonds. The average molecular weight is 260 g/mol. The van der Waals surface area contributed by atoms with Gasteiger partial charge in [-0.05, 0) is 11.4 Å². The van der Waals surface area contributed by atoms with E-state index in [-0.39, 0.29) is 10.6 Å². The number of nitrogens with zero attached hydrogens (tertiary/aromatic N) is 1. The average Bonchev–Trinajstić information content (AvgIpc) is 2.63. The number of ether oxygens (including phenoxy) is 1. The number of esters is 1. The molecule has 0 aliphatic heterocycles. The molecule has 16 heavy (non-hydrogen) atoms. The van der Waals surface area contributed by atoms with Crippen molar-refractivity contribution < 1.29 is 17.9 Å². The zero-order chi connectivity index (χ0) is 12.2. The van der Waals surface area contributed by atoms with E-state index in [0.717, 1.165) is 11.3 Å². The minimum atomic E-state index is -3.73. The molecule has 0 aliphatic rings. The molecule has 0 atom stereocenters. The molecule has 86 valence electrons. The van der Waals surface area contributed by atoms with Crippen molar-refractivity contribution in [2.24, 2.45) is 0 Å². The largest absolute Gasteiger partial charge is 0.465 e. The molecule has 0 fully saturated rings. The first kappa shape index (κ1) is 12.5. The smallest absolute Gasteiger partial charge is 0.350 e. The zero-order valence-corrected chi connectivity index (χ0v) is 9.89. The number of nitrogens with one attached hydrogen (secondary N) is 1. The molecular formula is C8H8N2O4S2. The fourth-order valence-corrected chi connectivity index (χ4v) is 2.51. The second-order valence-corrected chi connectivity index (χ2v) is 5.31. The molecule has 0 saturated carbocycles. The van der Waals surface area contributed by atoms with E-state index in [1.807, 2.05) is 0 Å². The second-order valence-electron chi connectivity index (χ2n) is 2.67. The van der Waals surface area contributed by atoms with E-state index in [1.54, 1.807) is 5.38 Å². The van der Waals surface area contributed by atoms with Gasteiger partial charge in [-0.3, -0.25) is 4.72 Å². The number of rotatable bonds is 4. The van der Waals surface area contributed by atoms with Crippen molar-refractivity contribution in [1.82, 2.24) is 0 Å². The first-order chi connectivity index (χ1) is 7.50. The van der Waals surface area contributed by atoms with Crippen LogP contribution in [-0.4, -0.2) is 27.2 Å². The Bertz CT molecular complexity index is 526. The predicted octanol–water partition coefficient (Wildman–Crippen LogP) is 0.800. The van der Waals surface area contributed by atoms with Gasteiger partial charge in [-0.2, -0.15) is 5.26 Å². The molecule has 0 aliphatic carbocycles. The molecular weight excluding hydrogens is 252 g/mol. The maximum atomic E-state index is 11.3. The predicted molar refractivity (Wildman–Crippen MR) is 58.7 cm³/mol. The lowest BCUT2D eigenvalue weighted by molar-refractivity contribution is 0.0607. The first-order valence-corrected chi connectivity index (χ1v) is 6.56. The number of anilines is 1. The summed E-state index contributed by atoms with van der Waals surface area (Å²) in [6.45, 7) is 0. The maximum Gasteiger partial charge on any atom is 0.350 e. The lowest BCUT2D eigenvalue weighted by Gasteiger charge is -2.04. The molecule has 1 heterocycles. The Labute approximate surface area is 96.5 Å². The van der Waals surface area contributed by atoms with Gasteiger partial charge in [-0.25, -0.2) is 13.2 Å². The third kappa shape index (κ3) is 2.95. The van der Waals surface area contributed by atoms with Gasteiger partial charge in [0.05, 0.1) is 18.9 Å². The van der Waals surface area contributed by atoms with E-state index in [1.165, 1.54) is 19.2 Å². The lowest BCUT2D eigenvalue weighted by Crippen LogP contribution is -2.16. The van der Waals surface area contributed by atoms with Crippen molar-refractivity contribution in [3.05, 3.63) is 16.3 Å². The van der Waals surface area contributed by atoms with Crippen LogP contribution < -0.4 is 4.72 Å². The summed E-state index contributed by atoms with van der Waals surface area (Å²) in [5, 5.41) is 9.85. The molecule has 0 aromatic carbocycles. The molecule has 0 bridgehead atoms. The number of carbonyl (C=O) groups excluding carboxylic acids is 1. The van der Waals surface area contributed by atoms with Crippen LogP contribution in [0.15, 0.2) is 11.4 Å². The van der Waals surface area contributed by atoms with Crippen LogP contribution in [0.1, 0.15) is 9.67 Å². The van der Waals surface area contributed by atoms with Crippen LogP contribution in [0.25, 0.3) is 0 Å². The van der Waals surface area contributed by atoms with Gasteiger partial charge in [-0.15, -0.1) is 11.3 Å². The van der Waals surface area contributed by atoms with Gasteiger partial charge < -0.3 is 4.74 Å². The first-order valence-electron chi connectivity index (χ1n) is 4.03. The molecule has 0 spiro atoms. The molecule has 0 unspecified atom stereocenters. The van der Waals surface area contributed by atoms with Gasteiger partial charge in [0.2, 0.25) is 10.0 Å². The van der Waals surface area contributed by atoms with Crippen molar-refractivity contribution in [1.29, 1.82) is 5.26 Å². The maximum absolute atomic E-state index is 11.3. The van der Waals surface area contributed by atoms with E-state index in [2.05, 4.69) is 9.46 Å². The summed E-state index contributed by atoms with van der Waals surface area (Å²) in [7, 11) is -2.53. The highest BCUT2D eigenvalue weighted by atomic mass is 32.2. The zero-order valence-electron chi connectivity index (χ0n) is 8.26. The Balaban J connectivity index is 2.96. The van der Waals surface area contributed by atoms with Gasteiger partial charge in [0.25, 0.3) is 0 Å². The van der Waals surface area contributed by atoms with E-state index >= 15 is 0 Å². The molecule has 1 N–H and O–H groups in total. The number of nitriles is 1. The number of carbonyl (C=O) groups is 1. The van der Waals surface area contributed by atoms with Crippen LogP contribution in [0.4, 0.5) is 5.69 Å². The lowest BCUT2D eigenvalue weighted by atomic mass is 10.4. The minimum absolute atomic E-state index is 0.132. The number of hydrogen-bond donors (Lipinski definition) is 1. The molecule has 1 aromatic heterocycles. The highest BCUT2D eigenvalue weighted by Crippen LogP contribution is 2.24. The van der Waals surface area contributed by atoms with Crippen LogP contribution in [-0.2, 0) is 14.8 Å². The third-order valence-corrected chi connectivity index (χ3v) is 3.49. The molecule has 1 aromatic rings. The van der Waals surface area contributed by atoms with E-state index in [9.17, 15) is 13.2 Å². The number of thiophene rings is 1. The Morgan fingerprint density at radius 2 is 2.38 bits per heavy atom. The molecule has 6 nitrogen and oxygen atoms in total. The van der Waals surface area contributed by atoms with Crippen molar-refractivity contribution in [3.63, 3.8) is 0 Å². The summed E-state index contributed by atoms with van der Waals surface area (Å²) in [6.07, 6.45) is 0. The molecule has 0 radical (unpaired) electrons. The van der Waals surface area contributed by atoms with Gasteiger partial charge in [-0.1, -0.05) is 0 Å². The normalized spacial score (nSPS) is 10.5. The number of sulfonamides is 1. The standard InChI is InChI=1S/C8H8N2O4S2/c1-14-8(11)7-6(2-4-15-7)10-16(12,13)5-3-9/h2,4,10H,5H2,1H3. The Morgan fingerprint density at radius 1 is 1.69 bits per heavy atom. The van der Waals surface area contributed by atoms with Crippen molar-refractivity contribution in [2.45, 2.75) is 0 Å². The Hall–Kier alpha value is -1.59. The van der Waals surface area contributed by atoms with Gasteiger partial charge in [0, 0.05) is 0 Å². The highest BCUT2D eigenvalue weighted by molar-refractivity contribution is 7.92. The summed E-state index contributed by atoms with van der Waals surface area (Å²) >= 11 is 1.06. The molecule has 0 saturated heterocycles. The second kappa shape index (κ2) is 4.96. The summed E-state index contributed by atoms with van der Waals surface area (Å²) < 4.78 is 29.2.